The van der Waals surface area contributed by atoms with Crippen LogP contribution >= 0.6 is 11.6 Å². The van der Waals surface area contributed by atoms with Crippen LogP contribution in [0, 0.1) is 0 Å². The molecule has 1 N–H and O–H groups in total. The highest BCUT2D eigenvalue weighted by molar-refractivity contribution is 6.29. The van der Waals surface area contributed by atoms with E-state index in [1.165, 1.54) is 0 Å². The van der Waals surface area contributed by atoms with E-state index >= 15 is 0 Å². The summed E-state index contributed by atoms with van der Waals surface area (Å²) in [7, 11) is 1.77. The Morgan fingerprint density at radius 2 is 2.25 bits per heavy atom. The lowest BCUT2D eigenvalue weighted by molar-refractivity contribution is 0.102. The van der Waals surface area contributed by atoms with Gasteiger partial charge < -0.3 is 5.32 Å². The summed E-state index contributed by atoms with van der Waals surface area (Å²) in [6, 6.07) is 6.56. The fourth-order valence-corrected chi connectivity index (χ4v) is 1.36. The Morgan fingerprint density at radius 1 is 1.44 bits per heavy atom. The molecule has 6 heteroatoms. The highest BCUT2D eigenvalue weighted by Gasteiger charge is 2.08. The van der Waals surface area contributed by atoms with Crippen LogP contribution in [0.5, 0.6) is 0 Å². The van der Waals surface area contributed by atoms with Crippen LogP contribution < -0.4 is 5.32 Å². The van der Waals surface area contributed by atoms with Crippen molar-refractivity contribution in [2.45, 2.75) is 0 Å². The number of aromatic nitrogens is 3. The monoisotopic (exact) mass is 236 g/mol. The van der Waals surface area contributed by atoms with Gasteiger partial charge in [0.1, 0.15) is 10.8 Å². The standard InChI is InChI=1S/C10H9ClN4O/c1-15-6-5-9(14-15)13-10(16)7-3-2-4-8(11)12-7/h2-6H,1H3,(H,13,14,16). The number of nitrogens with zero attached hydrogens (tertiary/aromatic N) is 3. The minimum atomic E-state index is -0.332. The third-order valence-electron chi connectivity index (χ3n) is 1.90. The Bertz CT molecular complexity index is 523. The van der Waals surface area contributed by atoms with E-state index in [2.05, 4.69) is 15.4 Å². The van der Waals surface area contributed by atoms with Gasteiger partial charge in [0.25, 0.3) is 5.91 Å². The van der Waals surface area contributed by atoms with Crippen LogP contribution in [0.25, 0.3) is 0 Å². The maximum Gasteiger partial charge on any atom is 0.275 e. The lowest BCUT2D eigenvalue weighted by Crippen LogP contribution is -2.14. The summed E-state index contributed by atoms with van der Waals surface area (Å²) in [4.78, 5) is 15.6. The number of nitrogens with one attached hydrogen (secondary N) is 1. The molecule has 2 heterocycles. The average Bonchev–Trinajstić information content (AvgIpc) is 2.64. The summed E-state index contributed by atoms with van der Waals surface area (Å²) in [6.45, 7) is 0. The molecular formula is C10H9ClN4O. The van der Waals surface area contributed by atoms with Gasteiger partial charge in [-0.2, -0.15) is 5.10 Å². The molecule has 0 unspecified atom stereocenters. The minimum Gasteiger partial charge on any atom is -0.304 e. The predicted molar refractivity (Wildman–Crippen MR) is 60.4 cm³/mol. The molecule has 0 saturated carbocycles. The molecule has 82 valence electrons. The van der Waals surface area contributed by atoms with E-state index in [0.29, 0.717) is 5.82 Å². The number of halogens is 1. The number of amides is 1. The van der Waals surface area contributed by atoms with E-state index in [9.17, 15) is 4.79 Å². The van der Waals surface area contributed by atoms with Crippen LogP contribution in [0.1, 0.15) is 10.5 Å². The van der Waals surface area contributed by atoms with Gasteiger partial charge in [0.05, 0.1) is 0 Å². The zero-order chi connectivity index (χ0) is 11.5. The number of anilines is 1. The van der Waals surface area contributed by atoms with Crippen molar-refractivity contribution < 1.29 is 4.79 Å². The molecule has 0 bridgehead atoms. The maximum absolute atomic E-state index is 11.7. The van der Waals surface area contributed by atoms with Crippen LogP contribution in [-0.2, 0) is 7.05 Å². The first kappa shape index (κ1) is 10.6. The van der Waals surface area contributed by atoms with Gasteiger partial charge in [-0.05, 0) is 12.1 Å². The van der Waals surface area contributed by atoms with Gasteiger partial charge in [0.2, 0.25) is 0 Å². The van der Waals surface area contributed by atoms with Crippen LogP contribution in [0.15, 0.2) is 30.5 Å². The van der Waals surface area contributed by atoms with Gasteiger partial charge in [-0.3, -0.25) is 9.48 Å². The van der Waals surface area contributed by atoms with Gasteiger partial charge in [-0.15, -0.1) is 0 Å². The fraction of sp³-hybridized carbons (Fsp3) is 0.100. The third-order valence-corrected chi connectivity index (χ3v) is 2.11. The molecule has 0 aliphatic carbocycles. The topological polar surface area (TPSA) is 59.8 Å². The largest absolute Gasteiger partial charge is 0.304 e. The normalized spacial score (nSPS) is 10.1. The first-order valence-corrected chi connectivity index (χ1v) is 4.96. The predicted octanol–water partition coefficient (Wildman–Crippen LogP) is 1.72. The van der Waals surface area contributed by atoms with E-state index in [1.807, 2.05) is 0 Å². The Kier molecular flexibility index (Phi) is 2.87. The molecule has 0 radical (unpaired) electrons. The molecular weight excluding hydrogens is 228 g/mol. The molecule has 0 saturated heterocycles. The summed E-state index contributed by atoms with van der Waals surface area (Å²) < 4.78 is 1.60. The molecule has 0 spiro atoms. The van der Waals surface area contributed by atoms with Crippen molar-refractivity contribution >= 4 is 23.3 Å². The fourth-order valence-electron chi connectivity index (χ4n) is 1.20. The Hall–Kier alpha value is -1.88. The number of carbonyl (C=O) groups is 1. The second-order valence-electron chi connectivity index (χ2n) is 3.17. The van der Waals surface area contributed by atoms with Crippen molar-refractivity contribution in [2.24, 2.45) is 7.05 Å². The molecule has 0 aromatic carbocycles. The van der Waals surface area contributed by atoms with E-state index in [0.717, 1.165) is 0 Å². The smallest absolute Gasteiger partial charge is 0.275 e. The number of aryl methyl sites for hydroxylation is 1. The Labute approximate surface area is 97.1 Å². The van der Waals surface area contributed by atoms with Crippen LogP contribution in [-0.4, -0.2) is 20.7 Å². The van der Waals surface area contributed by atoms with Crippen molar-refractivity contribution in [3.05, 3.63) is 41.3 Å². The minimum absolute atomic E-state index is 0.262. The van der Waals surface area contributed by atoms with Crippen molar-refractivity contribution in [3.63, 3.8) is 0 Å². The molecule has 1 amide bonds. The van der Waals surface area contributed by atoms with Gasteiger partial charge in [-0.25, -0.2) is 4.98 Å². The molecule has 0 atom stereocenters. The average molecular weight is 237 g/mol. The van der Waals surface area contributed by atoms with Gasteiger partial charge in [0, 0.05) is 19.3 Å². The van der Waals surface area contributed by atoms with Crippen molar-refractivity contribution in [3.8, 4) is 0 Å². The Balaban J connectivity index is 2.14. The summed E-state index contributed by atoms with van der Waals surface area (Å²) >= 11 is 5.69. The number of pyridine rings is 1. The summed E-state index contributed by atoms with van der Waals surface area (Å²) in [6.07, 6.45) is 1.74. The quantitative estimate of drug-likeness (QED) is 0.808. The number of hydrogen-bond donors (Lipinski definition) is 1. The number of hydrogen-bond acceptors (Lipinski definition) is 3. The maximum atomic E-state index is 11.7. The summed E-state index contributed by atoms with van der Waals surface area (Å²) in [5.74, 6) is 0.149. The highest BCUT2D eigenvalue weighted by atomic mass is 35.5. The van der Waals surface area contributed by atoms with Crippen LogP contribution in [0.3, 0.4) is 0 Å². The Morgan fingerprint density at radius 3 is 2.88 bits per heavy atom. The van der Waals surface area contributed by atoms with E-state index in [1.54, 1.807) is 42.2 Å². The number of carbonyl (C=O) groups excluding carboxylic acids is 1. The first-order valence-electron chi connectivity index (χ1n) is 4.59. The van der Waals surface area contributed by atoms with E-state index in [-0.39, 0.29) is 16.8 Å². The lowest BCUT2D eigenvalue weighted by atomic mass is 10.3. The molecule has 0 fully saturated rings. The van der Waals surface area contributed by atoms with Gasteiger partial charge in [0.15, 0.2) is 5.82 Å². The SMILES string of the molecule is Cn1ccc(NC(=O)c2cccc(Cl)n2)n1. The molecule has 16 heavy (non-hydrogen) atoms. The second kappa shape index (κ2) is 4.32. The molecule has 5 nitrogen and oxygen atoms in total. The van der Waals surface area contributed by atoms with Crippen LogP contribution in [0.2, 0.25) is 5.15 Å². The van der Waals surface area contributed by atoms with Crippen LogP contribution in [0.4, 0.5) is 5.82 Å². The van der Waals surface area contributed by atoms with Crippen molar-refractivity contribution in [1.29, 1.82) is 0 Å². The third kappa shape index (κ3) is 2.38. The van der Waals surface area contributed by atoms with Crippen molar-refractivity contribution in [2.75, 3.05) is 5.32 Å². The molecule has 2 rings (SSSR count). The molecule has 0 aliphatic heterocycles. The zero-order valence-electron chi connectivity index (χ0n) is 8.51. The lowest BCUT2D eigenvalue weighted by Gasteiger charge is -2.00. The zero-order valence-corrected chi connectivity index (χ0v) is 9.27. The van der Waals surface area contributed by atoms with Gasteiger partial charge in [-0.1, -0.05) is 17.7 Å². The molecule has 0 aliphatic rings. The summed E-state index contributed by atoms with van der Waals surface area (Å²) in [5, 5.41) is 6.92. The number of rotatable bonds is 2. The van der Waals surface area contributed by atoms with Gasteiger partial charge >= 0.3 is 0 Å². The van der Waals surface area contributed by atoms with E-state index < -0.39 is 0 Å². The molecule has 2 aromatic heterocycles. The first-order chi connectivity index (χ1) is 7.65. The highest BCUT2D eigenvalue weighted by Crippen LogP contribution is 2.08. The van der Waals surface area contributed by atoms with Crippen molar-refractivity contribution in [1.82, 2.24) is 14.8 Å². The molecule has 2 aromatic rings. The second-order valence-corrected chi connectivity index (χ2v) is 3.56. The van der Waals surface area contributed by atoms with E-state index in [4.69, 9.17) is 11.6 Å². The summed E-state index contributed by atoms with van der Waals surface area (Å²) in [5.41, 5.74) is 0.262.